The Morgan fingerprint density at radius 1 is 0.618 bits per heavy atom. The lowest BCUT2D eigenvalue weighted by atomic mass is 9.96. The number of thioether (sulfide) groups is 2. The normalized spacial score (nSPS) is 20.0. The number of imide groups is 1. The van der Waals surface area contributed by atoms with Crippen LogP contribution in [0.1, 0.15) is 168 Å². The van der Waals surface area contributed by atoms with E-state index in [0.29, 0.717) is 86.1 Å². The summed E-state index contributed by atoms with van der Waals surface area (Å²) in [5.41, 5.74) is 0.518. The molecular weight excluding hydrogens is 1390 g/mol. The number of hydroxylamine groups is 2. The summed E-state index contributed by atoms with van der Waals surface area (Å²) in [5, 5.41) is 31.7. The highest BCUT2D eigenvalue weighted by molar-refractivity contribution is 8.00. The number of ketones is 2. The van der Waals surface area contributed by atoms with E-state index in [4.69, 9.17) is 33.0 Å². The number of amides is 9. The number of urea groups is 2. The smallest absolute Gasteiger partial charge is 0.338 e. The Kier molecular flexibility index (Phi) is 33.7. The monoisotopic (exact) mass is 1490 g/mol. The molecule has 5 aliphatic heterocycles. The summed E-state index contributed by atoms with van der Waals surface area (Å²) in [4.78, 5) is 154. The number of ether oxygens (including phenoxy) is 6. The number of hydrogen-bond acceptors (Lipinski definition) is 24. The van der Waals surface area contributed by atoms with Crippen molar-refractivity contribution in [3.63, 3.8) is 0 Å². The number of benzene rings is 2. The third-order valence-electron chi connectivity index (χ3n) is 17.6. The number of carbonyl (C=O) groups is 11. The van der Waals surface area contributed by atoms with Crippen molar-refractivity contribution in [2.24, 2.45) is 0 Å². The third-order valence-corrected chi connectivity index (χ3v) is 21.7. The minimum absolute atomic E-state index is 0.000612. The fourth-order valence-electron chi connectivity index (χ4n) is 12.3. The van der Waals surface area contributed by atoms with Crippen molar-refractivity contribution in [1.29, 1.82) is 0 Å². The van der Waals surface area contributed by atoms with Gasteiger partial charge < -0.3 is 70.5 Å². The lowest BCUT2D eigenvalue weighted by molar-refractivity contribution is -0.386. The van der Waals surface area contributed by atoms with E-state index in [9.17, 15) is 71.3 Å². The van der Waals surface area contributed by atoms with E-state index in [0.717, 1.165) is 56.1 Å². The molecule has 5 saturated heterocycles. The molecule has 5 aliphatic rings. The number of nitrogens with zero attached hydrogens (tertiary/aromatic N) is 2. The fraction of sp³-hybridized carbons (Fsp3) is 0.657. The van der Waals surface area contributed by atoms with Gasteiger partial charge in [0.1, 0.15) is 17.7 Å². The van der Waals surface area contributed by atoms with Crippen LogP contribution in [-0.4, -0.2) is 212 Å². The quantitative estimate of drug-likeness (QED) is 0.00843. The van der Waals surface area contributed by atoms with Gasteiger partial charge >= 0.3 is 24.0 Å². The lowest BCUT2D eigenvalue weighted by Crippen LogP contribution is -2.36. The van der Waals surface area contributed by atoms with Gasteiger partial charge in [-0.3, -0.25) is 48.2 Å². The fourth-order valence-corrected chi connectivity index (χ4v) is 16.1. The Morgan fingerprint density at radius 3 is 1.65 bits per heavy atom. The second-order valence-corrected chi connectivity index (χ2v) is 29.6. The van der Waals surface area contributed by atoms with Crippen molar-refractivity contribution in [2.75, 3.05) is 84.5 Å². The maximum absolute atomic E-state index is 14.1. The van der Waals surface area contributed by atoms with E-state index in [-0.39, 0.29) is 191 Å². The van der Waals surface area contributed by atoms with Crippen molar-refractivity contribution < 1.29 is 104 Å². The van der Waals surface area contributed by atoms with E-state index in [1.807, 2.05) is 23.5 Å². The number of unbranched alkanes of at least 4 members (excludes halogenated alkanes) is 6. The van der Waals surface area contributed by atoms with Crippen molar-refractivity contribution in [3.8, 4) is 11.5 Å². The molecule has 8 atom stereocenters. The minimum atomic E-state index is -4.85. The summed E-state index contributed by atoms with van der Waals surface area (Å²) in [6, 6.07) is 7.56. The van der Waals surface area contributed by atoms with Crippen LogP contribution in [0, 0.1) is 10.1 Å². The molecule has 5 heterocycles. The number of rotatable bonds is 50. The molecular formula is C67H95N9O23S3. The second kappa shape index (κ2) is 42.2. The van der Waals surface area contributed by atoms with Crippen LogP contribution in [0.25, 0.3) is 0 Å². The SMILES string of the molecule is COc1cc(C(C)OC(=O)c2cc(CC(=O)CCCCCNC(=O)CCCCC3SCC4NC(=O)NC43)cc(CC(=O)CCCCCNC(=O)CCCCC3SCC4NC(=O)NC43)c2)c([N+](=O)[O-])cc1OCCCC(=O)NCCOCCOCCOCCC(=O)ON1C(=O)CC(S(=O)(=O)O)C1=O. The van der Waals surface area contributed by atoms with Crippen LogP contribution in [0.15, 0.2) is 30.3 Å². The van der Waals surface area contributed by atoms with Crippen LogP contribution in [-0.2, 0) is 85.1 Å². The lowest BCUT2D eigenvalue weighted by Gasteiger charge is -2.18. The van der Waals surface area contributed by atoms with Crippen molar-refractivity contribution in [3.05, 3.63) is 62.7 Å². The first kappa shape index (κ1) is 81.6. The average Bonchev–Trinajstić information content (AvgIpc) is 1.53. The number of fused-ring (bicyclic) bond motifs is 2. The Bertz CT molecular complexity index is 3280. The van der Waals surface area contributed by atoms with E-state index in [1.165, 1.54) is 32.2 Å². The second-order valence-electron chi connectivity index (χ2n) is 25.5. The maximum atomic E-state index is 14.1. The molecule has 2 aromatic rings. The number of carbonyl (C=O) groups excluding carboxylic acids is 11. The van der Waals surface area contributed by atoms with Gasteiger partial charge in [-0.05, 0) is 94.0 Å². The van der Waals surface area contributed by atoms with Gasteiger partial charge in [0.15, 0.2) is 16.7 Å². The third kappa shape index (κ3) is 27.2. The molecule has 2 aromatic carbocycles. The van der Waals surface area contributed by atoms with Crippen LogP contribution in [0.5, 0.6) is 11.5 Å². The molecule has 0 aromatic heterocycles. The highest BCUT2D eigenvalue weighted by Gasteiger charge is 2.49. The van der Waals surface area contributed by atoms with Crippen molar-refractivity contribution in [1.82, 2.24) is 42.3 Å². The number of nitro groups is 1. The zero-order chi connectivity index (χ0) is 73.6. The Balaban J connectivity index is 0.806. The summed E-state index contributed by atoms with van der Waals surface area (Å²) in [7, 11) is -3.53. The summed E-state index contributed by atoms with van der Waals surface area (Å²) in [5.74, 6) is -3.10. The number of nitro benzene ring substituents is 1. The van der Waals surface area contributed by atoms with Gasteiger partial charge in [-0.25, -0.2) is 19.2 Å². The summed E-state index contributed by atoms with van der Waals surface area (Å²) >= 11 is 3.69. The van der Waals surface area contributed by atoms with Gasteiger partial charge in [0.05, 0.1) is 112 Å². The van der Waals surface area contributed by atoms with Crippen LogP contribution in [0.4, 0.5) is 15.3 Å². The van der Waals surface area contributed by atoms with Gasteiger partial charge in [0, 0.05) is 86.6 Å². The number of nitrogens with one attached hydrogen (secondary N) is 7. The highest BCUT2D eigenvalue weighted by Crippen LogP contribution is 2.40. The number of methoxy groups -OCH3 is 1. The van der Waals surface area contributed by atoms with Crippen LogP contribution >= 0.6 is 23.5 Å². The van der Waals surface area contributed by atoms with Crippen LogP contribution in [0.2, 0.25) is 0 Å². The largest absolute Gasteiger partial charge is 0.493 e. The molecule has 0 aliphatic carbocycles. The summed E-state index contributed by atoms with van der Waals surface area (Å²) < 4.78 is 64.9. The zero-order valence-corrected chi connectivity index (χ0v) is 60.0. The van der Waals surface area contributed by atoms with Crippen LogP contribution < -0.4 is 46.7 Å². The number of hydrogen-bond donors (Lipinski definition) is 8. The minimum Gasteiger partial charge on any atom is -0.493 e. The predicted molar refractivity (Wildman–Crippen MR) is 371 cm³/mol. The Morgan fingerprint density at radius 2 is 1.13 bits per heavy atom. The molecule has 0 saturated carbocycles. The van der Waals surface area contributed by atoms with E-state index in [2.05, 4.69) is 42.1 Å². The summed E-state index contributed by atoms with van der Waals surface area (Å²) in [6.45, 7) is 3.06. The highest BCUT2D eigenvalue weighted by atomic mass is 32.2. The van der Waals surface area contributed by atoms with E-state index >= 15 is 0 Å². The Hall–Kier alpha value is -7.70. The van der Waals surface area contributed by atoms with E-state index in [1.54, 1.807) is 6.07 Å². The molecule has 32 nitrogen and oxygen atoms in total. The first-order chi connectivity index (χ1) is 48.9. The molecule has 0 spiro atoms. The molecule has 35 heteroatoms. The molecule has 9 amide bonds. The first-order valence-electron chi connectivity index (χ1n) is 34.8. The van der Waals surface area contributed by atoms with Crippen molar-refractivity contribution >= 4 is 104 Å². The Labute approximate surface area is 600 Å². The molecule has 102 heavy (non-hydrogen) atoms. The molecule has 5 fully saturated rings. The first-order valence-corrected chi connectivity index (χ1v) is 38.4. The maximum Gasteiger partial charge on any atom is 0.338 e. The molecule has 564 valence electrons. The number of Topliss-reactive ketones (excluding diaryl/α,β-unsaturated/α-hetero) is 2. The molecule has 0 radical (unpaired) electrons. The van der Waals surface area contributed by atoms with Gasteiger partial charge in [-0.2, -0.15) is 31.9 Å². The van der Waals surface area contributed by atoms with Gasteiger partial charge in [0.2, 0.25) is 17.7 Å². The molecule has 7 rings (SSSR count). The van der Waals surface area contributed by atoms with E-state index < -0.39 is 62.3 Å². The van der Waals surface area contributed by atoms with Crippen LogP contribution in [0.3, 0.4) is 0 Å². The van der Waals surface area contributed by atoms with Crippen molar-refractivity contribution in [2.45, 2.75) is 194 Å². The molecule has 0 bridgehead atoms. The summed E-state index contributed by atoms with van der Waals surface area (Å²) in [6.07, 6.45) is 7.91. The van der Waals surface area contributed by atoms with Gasteiger partial charge in [-0.15, -0.1) is 5.06 Å². The molecule has 8 N–H and O–H groups in total. The average molecular weight is 1490 g/mol. The standard InChI is InChI=1S/C67H95N9O23S3/c1-42(48-37-52(93-2)53(38-51(48)76(88)89)97-25-13-20-59(81)70-24-27-95-29-31-96-30-28-94-26-21-61(83)99-75-60(82)39-56(64(75)84)102(90,91)92)98-65(85)45-33-43(35-46(77)14-5-3-11-22-68-57(79)18-9-7-16-54-62-49(40-100-54)71-66(86)73-62)32-44(34-45)36-47(78)15-6-4-12-23-69-58(80)19-10-8-17-55-63-50(41-101-55)72-67(87)74-63/h32-34,37-38,42,49-50,54-56,62-63H,3-31,35-36,39-41H2,1-2H3,(H,68,79)(H,69,80)(H,70,81)(H2,71,73,86)(H2,72,74,87)(H,90,91,92). The van der Waals surface area contributed by atoms with Gasteiger partial charge in [0.25, 0.3) is 27.6 Å². The number of esters is 1. The molecule has 8 unspecified atom stereocenters. The predicted octanol–water partition coefficient (Wildman–Crippen LogP) is 4.74. The van der Waals surface area contributed by atoms with Gasteiger partial charge in [-0.1, -0.05) is 31.7 Å². The topological polar surface area (TPSA) is 437 Å². The zero-order valence-electron chi connectivity index (χ0n) is 57.6.